The molecule has 0 amide bonds. The van der Waals surface area contributed by atoms with E-state index in [-0.39, 0.29) is 0 Å². The molecule has 0 unspecified atom stereocenters. The van der Waals surface area contributed by atoms with Crippen molar-refractivity contribution >= 4 is 35.0 Å². The summed E-state index contributed by atoms with van der Waals surface area (Å²) in [6, 6.07) is 10.9. The maximum Gasteiger partial charge on any atom is 0.237 e. The number of halogens is 2. The van der Waals surface area contributed by atoms with Crippen LogP contribution in [0.1, 0.15) is 5.89 Å². The first-order chi connectivity index (χ1) is 10.2. The van der Waals surface area contributed by atoms with Crippen molar-refractivity contribution in [3.8, 4) is 11.4 Å². The van der Waals surface area contributed by atoms with E-state index in [0.29, 0.717) is 27.5 Å². The van der Waals surface area contributed by atoms with Crippen LogP contribution < -0.4 is 0 Å². The molecule has 0 atom stereocenters. The zero-order valence-corrected chi connectivity index (χ0v) is 13.0. The van der Waals surface area contributed by atoms with E-state index in [9.17, 15) is 0 Å². The Morgan fingerprint density at radius 1 is 1.05 bits per heavy atom. The molecule has 0 aliphatic rings. The second-order valence-electron chi connectivity index (χ2n) is 4.07. The highest BCUT2D eigenvalue weighted by atomic mass is 35.5. The van der Waals surface area contributed by atoms with Gasteiger partial charge in [-0.3, -0.25) is 0 Å². The number of pyridine rings is 1. The van der Waals surface area contributed by atoms with Gasteiger partial charge in [-0.15, -0.1) is 0 Å². The van der Waals surface area contributed by atoms with Crippen LogP contribution >= 0.6 is 35.0 Å². The summed E-state index contributed by atoms with van der Waals surface area (Å²) in [5.41, 5.74) is 0.745. The van der Waals surface area contributed by atoms with Gasteiger partial charge in [0.2, 0.25) is 11.7 Å². The smallest absolute Gasteiger partial charge is 0.237 e. The Hall–Kier alpha value is -1.56. The summed E-state index contributed by atoms with van der Waals surface area (Å²) in [6.45, 7) is 0. The summed E-state index contributed by atoms with van der Waals surface area (Å²) in [7, 11) is 0. The first-order valence-corrected chi connectivity index (χ1v) is 7.79. The maximum atomic E-state index is 6.11. The fourth-order valence-corrected chi connectivity index (χ4v) is 2.90. The van der Waals surface area contributed by atoms with Crippen molar-refractivity contribution in [1.29, 1.82) is 0 Å². The lowest BCUT2D eigenvalue weighted by Crippen LogP contribution is -1.85. The summed E-state index contributed by atoms with van der Waals surface area (Å²) >= 11 is 13.6. The Kier molecular flexibility index (Phi) is 4.43. The van der Waals surface area contributed by atoms with Gasteiger partial charge in [0.25, 0.3) is 0 Å². The van der Waals surface area contributed by atoms with E-state index < -0.39 is 0 Å². The molecule has 21 heavy (non-hydrogen) atoms. The van der Waals surface area contributed by atoms with Crippen LogP contribution in [0.5, 0.6) is 0 Å². The Morgan fingerprint density at radius 2 is 1.86 bits per heavy atom. The van der Waals surface area contributed by atoms with Crippen LogP contribution in [0.3, 0.4) is 0 Å². The topological polar surface area (TPSA) is 51.8 Å². The van der Waals surface area contributed by atoms with Gasteiger partial charge in [-0.25, -0.2) is 4.98 Å². The number of hydrogen-bond acceptors (Lipinski definition) is 5. The molecule has 2 heterocycles. The van der Waals surface area contributed by atoms with Crippen molar-refractivity contribution in [2.75, 3.05) is 0 Å². The lowest BCUT2D eigenvalue weighted by Gasteiger charge is -1.99. The fourth-order valence-electron chi connectivity index (χ4n) is 1.67. The van der Waals surface area contributed by atoms with Crippen molar-refractivity contribution in [1.82, 2.24) is 15.1 Å². The van der Waals surface area contributed by atoms with Gasteiger partial charge in [0, 0.05) is 11.8 Å². The first-order valence-electron chi connectivity index (χ1n) is 6.05. The number of benzene rings is 1. The standard InChI is InChI=1S/C14H9Cl2N3OS/c15-10-5-2-1-4-9(10)13-18-12(20-19-13)8-21-14-11(16)6-3-7-17-14/h1-7H,8H2. The monoisotopic (exact) mass is 337 g/mol. The summed E-state index contributed by atoms with van der Waals surface area (Å²) in [4.78, 5) is 8.52. The summed E-state index contributed by atoms with van der Waals surface area (Å²) in [6.07, 6.45) is 1.69. The third-order valence-electron chi connectivity index (χ3n) is 2.64. The van der Waals surface area contributed by atoms with E-state index in [1.807, 2.05) is 18.2 Å². The van der Waals surface area contributed by atoms with Crippen LogP contribution in [0.4, 0.5) is 0 Å². The predicted octanol–water partition coefficient (Wildman–Crippen LogP) is 4.73. The van der Waals surface area contributed by atoms with Crippen LogP contribution in [0.2, 0.25) is 10.0 Å². The highest BCUT2D eigenvalue weighted by molar-refractivity contribution is 7.98. The highest BCUT2D eigenvalue weighted by Gasteiger charge is 2.12. The van der Waals surface area contributed by atoms with Crippen molar-refractivity contribution in [3.05, 3.63) is 58.5 Å². The minimum absolute atomic E-state index is 0.475. The van der Waals surface area contributed by atoms with Gasteiger partial charge < -0.3 is 4.52 Å². The molecule has 4 nitrogen and oxygen atoms in total. The molecule has 0 fully saturated rings. The largest absolute Gasteiger partial charge is 0.338 e. The molecule has 3 aromatic rings. The first kappa shape index (κ1) is 14.4. The fraction of sp³-hybridized carbons (Fsp3) is 0.0714. The van der Waals surface area contributed by atoms with Crippen molar-refractivity contribution < 1.29 is 4.52 Å². The average molecular weight is 338 g/mol. The SMILES string of the molecule is Clc1ccccc1-c1noc(CSc2ncccc2Cl)n1. The number of thioether (sulfide) groups is 1. The molecule has 1 aromatic carbocycles. The van der Waals surface area contributed by atoms with Crippen LogP contribution in [-0.4, -0.2) is 15.1 Å². The normalized spacial score (nSPS) is 10.8. The van der Waals surface area contributed by atoms with E-state index in [1.165, 1.54) is 11.8 Å². The van der Waals surface area contributed by atoms with Crippen LogP contribution in [0, 0.1) is 0 Å². The second-order valence-corrected chi connectivity index (χ2v) is 5.85. The minimum Gasteiger partial charge on any atom is -0.338 e. The molecule has 0 saturated carbocycles. The van der Waals surface area contributed by atoms with Crippen molar-refractivity contribution in [2.45, 2.75) is 10.8 Å². The molecule has 0 radical (unpaired) electrons. The molecular weight excluding hydrogens is 329 g/mol. The molecule has 106 valence electrons. The molecule has 0 saturated heterocycles. The average Bonchev–Trinajstić information content (AvgIpc) is 2.96. The van der Waals surface area contributed by atoms with Crippen LogP contribution in [0.25, 0.3) is 11.4 Å². The van der Waals surface area contributed by atoms with E-state index in [4.69, 9.17) is 27.7 Å². The van der Waals surface area contributed by atoms with Crippen LogP contribution in [0.15, 0.2) is 52.1 Å². The Labute approximate surface area is 135 Å². The van der Waals surface area contributed by atoms with Gasteiger partial charge in [-0.2, -0.15) is 4.98 Å². The van der Waals surface area contributed by atoms with E-state index in [1.54, 1.807) is 24.4 Å². The number of rotatable bonds is 4. The quantitative estimate of drug-likeness (QED) is 0.644. The summed E-state index contributed by atoms with van der Waals surface area (Å²) < 4.78 is 5.22. The molecule has 0 aliphatic carbocycles. The third-order valence-corrected chi connectivity index (χ3v) is 4.38. The van der Waals surface area contributed by atoms with E-state index in [2.05, 4.69) is 15.1 Å². The number of nitrogens with zero attached hydrogens (tertiary/aromatic N) is 3. The molecule has 2 aromatic heterocycles. The molecule has 0 bridgehead atoms. The molecule has 0 aliphatic heterocycles. The minimum atomic E-state index is 0.475. The van der Waals surface area contributed by atoms with Gasteiger partial charge in [-0.1, -0.05) is 52.3 Å². The maximum absolute atomic E-state index is 6.11. The van der Waals surface area contributed by atoms with Crippen molar-refractivity contribution in [3.63, 3.8) is 0 Å². The Balaban J connectivity index is 1.74. The summed E-state index contributed by atoms with van der Waals surface area (Å²) in [5, 5.41) is 5.87. The van der Waals surface area contributed by atoms with Gasteiger partial charge in [-0.05, 0) is 24.3 Å². The molecule has 7 heteroatoms. The molecule has 0 spiro atoms. The highest BCUT2D eigenvalue weighted by Crippen LogP contribution is 2.29. The number of aromatic nitrogens is 3. The second kappa shape index (κ2) is 6.47. The zero-order valence-electron chi connectivity index (χ0n) is 10.7. The lowest BCUT2D eigenvalue weighted by atomic mass is 10.2. The third kappa shape index (κ3) is 3.37. The van der Waals surface area contributed by atoms with Crippen molar-refractivity contribution in [2.24, 2.45) is 0 Å². The van der Waals surface area contributed by atoms with E-state index in [0.717, 1.165) is 10.6 Å². The molecule has 3 rings (SSSR count). The summed E-state index contributed by atoms with van der Waals surface area (Å²) in [5.74, 6) is 1.47. The Morgan fingerprint density at radius 3 is 2.67 bits per heavy atom. The van der Waals surface area contributed by atoms with Crippen LogP contribution in [-0.2, 0) is 5.75 Å². The Bertz CT molecular complexity index is 763. The molecule has 0 N–H and O–H groups in total. The predicted molar refractivity (Wildman–Crippen MR) is 83.6 cm³/mol. The number of hydrogen-bond donors (Lipinski definition) is 0. The van der Waals surface area contributed by atoms with Gasteiger partial charge in [0.15, 0.2) is 0 Å². The van der Waals surface area contributed by atoms with Gasteiger partial charge >= 0.3 is 0 Å². The van der Waals surface area contributed by atoms with Gasteiger partial charge in [0.05, 0.1) is 15.8 Å². The van der Waals surface area contributed by atoms with E-state index >= 15 is 0 Å². The zero-order chi connectivity index (χ0) is 14.7. The van der Waals surface area contributed by atoms with Gasteiger partial charge in [0.1, 0.15) is 5.03 Å². The lowest BCUT2D eigenvalue weighted by molar-refractivity contribution is 0.391. The molecular formula is C14H9Cl2N3OS.